The van der Waals surface area contributed by atoms with Crippen molar-refractivity contribution in [1.29, 1.82) is 0 Å². The predicted octanol–water partition coefficient (Wildman–Crippen LogP) is 8.04. The lowest BCUT2D eigenvalue weighted by molar-refractivity contribution is -0.217. The van der Waals surface area contributed by atoms with E-state index in [1.54, 1.807) is 13.8 Å². The van der Waals surface area contributed by atoms with Gasteiger partial charge in [-0.25, -0.2) is 9.59 Å². The Morgan fingerprint density at radius 1 is 0.522 bits per heavy atom. The van der Waals surface area contributed by atoms with Gasteiger partial charge in [-0.3, -0.25) is 9.59 Å². The maximum Gasteiger partial charge on any atom is 0.558 e. The van der Waals surface area contributed by atoms with E-state index < -0.39 is 36.2 Å². The molecule has 0 amide bonds. The van der Waals surface area contributed by atoms with Gasteiger partial charge < -0.3 is 19.7 Å². The van der Waals surface area contributed by atoms with E-state index >= 15 is 0 Å². The van der Waals surface area contributed by atoms with Crippen molar-refractivity contribution < 1.29 is 58.2 Å². The van der Waals surface area contributed by atoms with E-state index in [0.717, 1.165) is 51.4 Å². The van der Waals surface area contributed by atoms with Crippen LogP contribution in [0.25, 0.3) is 0 Å². The van der Waals surface area contributed by atoms with Crippen LogP contribution in [0.3, 0.4) is 0 Å². The molecular formula is C34H54O12. The lowest BCUT2D eigenvalue weighted by Crippen LogP contribution is -2.25. The third kappa shape index (κ3) is 19.0. The van der Waals surface area contributed by atoms with Gasteiger partial charge in [0.15, 0.2) is 0 Å². The number of aliphatic carboxylic acids is 2. The summed E-state index contributed by atoms with van der Waals surface area (Å²) in [4.78, 5) is 69.6. The first-order valence-corrected chi connectivity index (χ1v) is 15.7. The number of rotatable bonds is 4. The van der Waals surface area contributed by atoms with Gasteiger partial charge in [-0.2, -0.15) is 19.4 Å². The van der Waals surface area contributed by atoms with Crippen LogP contribution in [0.2, 0.25) is 0 Å². The fourth-order valence-corrected chi connectivity index (χ4v) is 5.49. The molecular weight excluding hydrogens is 600 g/mol. The number of carbonyl (C=O) groups is 6. The van der Waals surface area contributed by atoms with E-state index in [-0.39, 0.29) is 0 Å². The third-order valence-electron chi connectivity index (χ3n) is 8.27. The molecule has 0 heterocycles. The van der Waals surface area contributed by atoms with Crippen molar-refractivity contribution in [1.82, 2.24) is 0 Å². The lowest BCUT2D eigenvalue weighted by Gasteiger charge is -2.36. The van der Waals surface area contributed by atoms with Crippen LogP contribution in [0, 0.1) is 34.5 Å². The molecule has 0 radical (unpaired) electrons. The third-order valence-corrected chi connectivity index (χ3v) is 8.27. The molecule has 0 spiro atoms. The highest BCUT2D eigenvalue weighted by Gasteiger charge is 2.30. The van der Waals surface area contributed by atoms with Crippen LogP contribution in [0.15, 0.2) is 23.3 Å². The van der Waals surface area contributed by atoms with E-state index in [1.165, 1.54) is 25.7 Å². The smallest absolute Gasteiger partial charge is 0.478 e. The zero-order valence-electron chi connectivity index (χ0n) is 29.1. The maximum atomic E-state index is 10.7. The van der Waals surface area contributed by atoms with Crippen LogP contribution in [0.4, 0.5) is 9.59 Å². The molecule has 2 aliphatic rings. The molecule has 0 aliphatic heterocycles. The van der Waals surface area contributed by atoms with Crippen molar-refractivity contribution >= 4 is 36.2 Å². The van der Waals surface area contributed by atoms with Gasteiger partial charge in [0.25, 0.3) is 0 Å². The first-order chi connectivity index (χ1) is 21.0. The highest BCUT2D eigenvalue weighted by atomic mass is 17.3. The Bertz CT molecular complexity index is 1020. The van der Waals surface area contributed by atoms with Crippen molar-refractivity contribution in [3.8, 4) is 0 Å². The summed E-state index contributed by atoms with van der Waals surface area (Å²) in [6, 6.07) is 0. The average molecular weight is 655 g/mol. The minimum Gasteiger partial charge on any atom is -0.478 e. The molecule has 0 atom stereocenters. The van der Waals surface area contributed by atoms with Crippen molar-refractivity contribution in [3.05, 3.63) is 23.3 Å². The Kier molecular flexibility index (Phi) is 18.1. The normalized spacial score (nSPS) is 22.0. The maximum absolute atomic E-state index is 10.7. The second-order valence-corrected chi connectivity index (χ2v) is 14.1. The molecule has 2 aliphatic carbocycles. The summed E-state index contributed by atoms with van der Waals surface area (Å²) < 4.78 is 7.58. The van der Waals surface area contributed by atoms with E-state index in [1.807, 2.05) is 12.2 Å². The molecule has 0 unspecified atom stereocenters. The summed E-state index contributed by atoms with van der Waals surface area (Å²) in [6.07, 6.45) is 10.3. The van der Waals surface area contributed by atoms with Crippen LogP contribution >= 0.6 is 0 Å². The zero-order valence-corrected chi connectivity index (χ0v) is 29.1. The van der Waals surface area contributed by atoms with Gasteiger partial charge in [-0.1, -0.05) is 53.7 Å². The molecule has 0 aromatic heterocycles. The highest BCUT2D eigenvalue weighted by Crippen LogP contribution is 2.41. The molecule has 2 N–H and O–H groups in total. The topological polar surface area (TPSA) is 180 Å². The number of carbonyl (C=O) groups excluding carboxylic acids is 4. The molecule has 2 fully saturated rings. The summed E-state index contributed by atoms with van der Waals surface area (Å²) >= 11 is 0. The SMILES string of the molecule is CC(=CC1CCC(C(C)(C)C)CC1)C(=O)O.CC(=CC1CCC(C(C)(C)C)CC1)C(=O)O.CC(=O)OC(=O)OOC(=O)OC(C)=O. The van der Waals surface area contributed by atoms with Crippen LogP contribution in [0.5, 0.6) is 0 Å². The number of carboxylic acids is 2. The standard InChI is InChI=1S/2C14H24O2.C6H6O8/c2*1-10(13(15)16)9-11-5-7-12(8-6-11)14(2,3)4;1-3(7)11-5(9)13-14-6(10)12-4(2)8/h2*9,11-12H,5-8H2,1-4H3,(H,15,16);1-2H3. The monoisotopic (exact) mass is 654 g/mol. The van der Waals surface area contributed by atoms with Crippen LogP contribution < -0.4 is 0 Å². The predicted molar refractivity (Wildman–Crippen MR) is 169 cm³/mol. The first kappa shape index (κ1) is 42.3. The molecule has 262 valence electrons. The van der Waals surface area contributed by atoms with Gasteiger partial charge in [0, 0.05) is 25.0 Å². The number of hydrogen-bond donors (Lipinski definition) is 2. The van der Waals surface area contributed by atoms with E-state index in [4.69, 9.17) is 10.2 Å². The number of hydrogen-bond acceptors (Lipinski definition) is 10. The molecule has 0 saturated heterocycles. The Hall–Kier alpha value is -3.70. The van der Waals surface area contributed by atoms with Crippen molar-refractivity contribution in [2.75, 3.05) is 0 Å². The lowest BCUT2D eigenvalue weighted by atomic mass is 9.69. The van der Waals surface area contributed by atoms with Gasteiger partial charge in [0.05, 0.1) is 0 Å². The molecule has 0 bridgehead atoms. The van der Waals surface area contributed by atoms with Crippen molar-refractivity contribution in [2.24, 2.45) is 34.5 Å². The molecule has 12 heteroatoms. The summed E-state index contributed by atoms with van der Waals surface area (Å²) in [5.74, 6) is -0.901. The number of esters is 2. The van der Waals surface area contributed by atoms with Gasteiger partial charge >= 0.3 is 36.2 Å². The van der Waals surface area contributed by atoms with Crippen LogP contribution in [0.1, 0.15) is 121 Å². The summed E-state index contributed by atoms with van der Waals surface area (Å²) in [7, 11) is 0. The van der Waals surface area contributed by atoms with Crippen LogP contribution in [-0.2, 0) is 38.4 Å². The Labute approximate surface area is 272 Å². The summed E-state index contributed by atoms with van der Waals surface area (Å²) in [5.41, 5.74) is 1.80. The summed E-state index contributed by atoms with van der Waals surface area (Å²) in [5, 5.41) is 17.7. The van der Waals surface area contributed by atoms with E-state index in [9.17, 15) is 28.8 Å². The van der Waals surface area contributed by atoms with Gasteiger partial charge in [-0.15, -0.1) is 0 Å². The largest absolute Gasteiger partial charge is 0.558 e. The average Bonchev–Trinajstić information content (AvgIpc) is 2.91. The number of carboxylic acid groups (broad SMARTS) is 2. The second-order valence-electron chi connectivity index (χ2n) is 14.1. The molecule has 12 nitrogen and oxygen atoms in total. The number of ether oxygens (including phenoxy) is 2. The highest BCUT2D eigenvalue weighted by molar-refractivity contribution is 5.86. The van der Waals surface area contributed by atoms with Gasteiger partial charge in [0.1, 0.15) is 0 Å². The van der Waals surface area contributed by atoms with Gasteiger partial charge in [0.2, 0.25) is 0 Å². The fourth-order valence-electron chi connectivity index (χ4n) is 5.49. The molecule has 0 aromatic rings. The van der Waals surface area contributed by atoms with Crippen LogP contribution in [-0.4, -0.2) is 46.4 Å². The van der Waals surface area contributed by atoms with E-state index in [2.05, 4.69) is 60.8 Å². The molecule has 0 aromatic carbocycles. The minimum absolute atomic E-state index is 0.399. The fraction of sp³-hybridized carbons (Fsp3) is 0.706. The number of allylic oxidation sites excluding steroid dienone is 2. The Morgan fingerprint density at radius 3 is 0.978 bits per heavy atom. The first-order valence-electron chi connectivity index (χ1n) is 15.7. The zero-order chi connectivity index (χ0) is 35.8. The van der Waals surface area contributed by atoms with Crippen molar-refractivity contribution in [3.63, 3.8) is 0 Å². The second kappa shape index (κ2) is 19.7. The Morgan fingerprint density at radius 2 is 0.783 bits per heavy atom. The Balaban J connectivity index is 0.000000663. The van der Waals surface area contributed by atoms with Gasteiger partial charge in [-0.05, 0) is 99.7 Å². The van der Waals surface area contributed by atoms with E-state index in [0.29, 0.717) is 33.8 Å². The van der Waals surface area contributed by atoms with Crippen molar-refractivity contribution in [2.45, 2.75) is 121 Å². The molecule has 46 heavy (non-hydrogen) atoms. The summed E-state index contributed by atoms with van der Waals surface area (Å²) in [6.45, 7) is 19.1. The quantitative estimate of drug-likeness (QED) is 0.0980. The molecule has 2 saturated carbocycles. The molecule has 2 rings (SSSR count). The minimum atomic E-state index is -1.54.